The smallest absolute Gasteiger partial charge is 0.347 e. The van der Waals surface area contributed by atoms with Crippen molar-refractivity contribution in [1.29, 1.82) is 0 Å². The van der Waals surface area contributed by atoms with Crippen LogP contribution in [0, 0.1) is 0 Å². The van der Waals surface area contributed by atoms with Gasteiger partial charge in [-0.05, 0) is 7.05 Å². The number of nitrogens with zero attached hydrogens (tertiary/aromatic N) is 1. The molecule has 7 heteroatoms. The number of likely N-dealkylation sites (N-methyl/N-ethyl adjacent to an activating group) is 1. The van der Waals surface area contributed by atoms with E-state index < -0.39 is 18.2 Å². The summed E-state index contributed by atoms with van der Waals surface area (Å²) in [5, 5.41) is 30.5. The number of rotatable bonds is 5. The minimum absolute atomic E-state index is 0.0423. The van der Waals surface area contributed by atoms with Gasteiger partial charge in [-0.3, -0.25) is 0 Å². The average Bonchev–Trinajstić information content (AvgIpc) is 2.65. The van der Waals surface area contributed by atoms with Gasteiger partial charge in [0.1, 0.15) is 16.0 Å². The van der Waals surface area contributed by atoms with E-state index in [-0.39, 0.29) is 16.4 Å². The number of aromatic nitrogens is 1. The van der Waals surface area contributed by atoms with Crippen LogP contribution >= 0.6 is 11.3 Å². The zero-order chi connectivity index (χ0) is 11.4. The van der Waals surface area contributed by atoms with E-state index in [0.717, 1.165) is 17.5 Å². The molecule has 0 fully saturated rings. The first-order valence-electron chi connectivity index (χ1n) is 4.26. The summed E-state index contributed by atoms with van der Waals surface area (Å²) in [7, 11) is 1.64. The molecule has 1 aromatic heterocycles. The molecule has 2 unspecified atom stereocenters. The predicted molar refractivity (Wildman–Crippen MR) is 54.0 cm³/mol. The van der Waals surface area contributed by atoms with Gasteiger partial charge in [-0.25, -0.2) is 9.78 Å². The highest BCUT2D eigenvalue weighted by Crippen LogP contribution is 2.22. The molecule has 0 aliphatic carbocycles. The van der Waals surface area contributed by atoms with E-state index >= 15 is 0 Å². The first-order chi connectivity index (χ1) is 7.06. The summed E-state index contributed by atoms with van der Waals surface area (Å²) in [5.41, 5.74) is 0. The largest absolute Gasteiger partial charge is 0.477 e. The first kappa shape index (κ1) is 12.1. The molecule has 0 spiro atoms. The van der Waals surface area contributed by atoms with E-state index in [1.54, 1.807) is 7.05 Å². The fraction of sp³-hybridized carbons (Fsp3) is 0.500. The van der Waals surface area contributed by atoms with E-state index in [4.69, 9.17) is 5.11 Å². The van der Waals surface area contributed by atoms with Crippen molar-refractivity contribution in [1.82, 2.24) is 10.3 Å². The lowest BCUT2D eigenvalue weighted by Crippen LogP contribution is -2.29. The Morgan fingerprint density at radius 2 is 2.33 bits per heavy atom. The predicted octanol–water partition coefficient (Wildman–Crippen LogP) is -0.545. The van der Waals surface area contributed by atoms with Crippen LogP contribution in [0.5, 0.6) is 0 Å². The van der Waals surface area contributed by atoms with Crippen molar-refractivity contribution >= 4 is 17.3 Å². The van der Waals surface area contributed by atoms with Gasteiger partial charge in [0.25, 0.3) is 0 Å². The lowest BCUT2D eigenvalue weighted by molar-refractivity contribution is 0.0201. The Labute approximate surface area is 90.2 Å². The highest BCUT2D eigenvalue weighted by Gasteiger charge is 2.22. The molecule has 0 saturated carbocycles. The maximum Gasteiger partial charge on any atom is 0.347 e. The minimum atomic E-state index is -1.16. The number of hydrogen-bond donors (Lipinski definition) is 4. The van der Waals surface area contributed by atoms with Crippen LogP contribution in [0.4, 0.5) is 0 Å². The summed E-state index contributed by atoms with van der Waals surface area (Å²) >= 11 is 0.855. The summed E-state index contributed by atoms with van der Waals surface area (Å²) in [5.74, 6) is -1.09. The molecule has 0 radical (unpaired) electrons. The van der Waals surface area contributed by atoms with Gasteiger partial charge in [0, 0.05) is 6.54 Å². The van der Waals surface area contributed by atoms with Gasteiger partial charge < -0.3 is 20.6 Å². The number of thiazole rings is 1. The summed E-state index contributed by atoms with van der Waals surface area (Å²) < 4.78 is 0. The summed E-state index contributed by atoms with van der Waals surface area (Å²) in [4.78, 5) is 14.3. The van der Waals surface area contributed by atoms with Crippen molar-refractivity contribution < 1.29 is 20.1 Å². The monoisotopic (exact) mass is 232 g/mol. The van der Waals surface area contributed by atoms with Gasteiger partial charge in [-0.1, -0.05) is 0 Å². The first-order valence-corrected chi connectivity index (χ1v) is 5.07. The standard InChI is InChI=1S/C8H12N2O4S/c1-9-2-4(11)6(12)7-10-3-5(15-7)8(13)14/h3-4,6,9,11-12H,2H2,1H3,(H,13,14). The number of aliphatic hydroxyl groups excluding tert-OH is 2. The molecular formula is C8H12N2O4S. The van der Waals surface area contributed by atoms with Crippen LogP contribution in [-0.4, -0.2) is 46.0 Å². The molecule has 0 bridgehead atoms. The van der Waals surface area contributed by atoms with Crippen molar-refractivity contribution in [2.75, 3.05) is 13.6 Å². The van der Waals surface area contributed by atoms with E-state index in [9.17, 15) is 15.0 Å². The molecule has 4 N–H and O–H groups in total. The van der Waals surface area contributed by atoms with Crippen molar-refractivity contribution in [2.45, 2.75) is 12.2 Å². The number of carbonyl (C=O) groups is 1. The second-order valence-electron chi connectivity index (χ2n) is 2.94. The molecule has 1 heterocycles. The summed E-state index contributed by atoms with van der Waals surface area (Å²) in [6.45, 7) is 0.211. The lowest BCUT2D eigenvalue weighted by Gasteiger charge is -2.14. The van der Waals surface area contributed by atoms with E-state index in [1.807, 2.05) is 0 Å². The Morgan fingerprint density at radius 1 is 1.67 bits per heavy atom. The molecule has 0 aliphatic rings. The number of carboxylic acids is 1. The van der Waals surface area contributed by atoms with Crippen LogP contribution in [0.2, 0.25) is 0 Å². The van der Waals surface area contributed by atoms with Crippen molar-refractivity contribution in [3.63, 3.8) is 0 Å². The molecule has 0 aromatic carbocycles. The van der Waals surface area contributed by atoms with Crippen LogP contribution in [0.25, 0.3) is 0 Å². The molecule has 0 amide bonds. The van der Waals surface area contributed by atoms with Gasteiger partial charge >= 0.3 is 5.97 Å². The second-order valence-corrected chi connectivity index (χ2v) is 4.00. The third-order valence-corrected chi connectivity index (χ3v) is 2.82. The number of hydrogen-bond acceptors (Lipinski definition) is 6. The van der Waals surface area contributed by atoms with Crippen LogP contribution < -0.4 is 5.32 Å². The quantitative estimate of drug-likeness (QED) is 0.543. The molecule has 15 heavy (non-hydrogen) atoms. The zero-order valence-electron chi connectivity index (χ0n) is 8.04. The molecule has 6 nitrogen and oxygen atoms in total. The molecule has 0 aliphatic heterocycles. The molecular weight excluding hydrogens is 220 g/mol. The van der Waals surface area contributed by atoms with Crippen molar-refractivity contribution in [2.24, 2.45) is 0 Å². The second kappa shape index (κ2) is 5.17. The van der Waals surface area contributed by atoms with Gasteiger partial charge in [-0.2, -0.15) is 0 Å². The van der Waals surface area contributed by atoms with E-state index in [1.165, 1.54) is 0 Å². The van der Waals surface area contributed by atoms with Crippen LogP contribution in [0.15, 0.2) is 6.20 Å². The third-order valence-electron chi connectivity index (χ3n) is 1.77. The molecule has 0 saturated heterocycles. The van der Waals surface area contributed by atoms with Crippen molar-refractivity contribution in [3.8, 4) is 0 Å². The number of aliphatic hydroxyl groups is 2. The molecule has 84 valence electrons. The minimum Gasteiger partial charge on any atom is -0.477 e. The molecule has 1 rings (SSSR count). The Hall–Kier alpha value is -1.02. The van der Waals surface area contributed by atoms with E-state index in [2.05, 4.69) is 10.3 Å². The van der Waals surface area contributed by atoms with Gasteiger partial charge in [0.05, 0.1) is 12.3 Å². The highest BCUT2D eigenvalue weighted by atomic mass is 32.1. The Bertz CT molecular complexity index is 341. The third kappa shape index (κ3) is 2.96. The summed E-state index contributed by atoms with van der Waals surface area (Å²) in [6.07, 6.45) is -0.990. The molecule has 2 atom stereocenters. The fourth-order valence-corrected chi connectivity index (χ4v) is 1.81. The zero-order valence-corrected chi connectivity index (χ0v) is 8.86. The van der Waals surface area contributed by atoms with E-state index in [0.29, 0.717) is 0 Å². The number of carboxylic acid groups (broad SMARTS) is 1. The average molecular weight is 232 g/mol. The Balaban J connectivity index is 2.73. The Morgan fingerprint density at radius 3 is 2.80 bits per heavy atom. The number of nitrogens with one attached hydrogen (secondary N) is 1. The van der Waals surface area contributed by atoms with Gasteiger partial charge in [0.15, 0.2) is 0 Å². The number of aromatic carboxylic acids is 1. The highest BCUT2D eigenvalue weighted by molar-refractivity contribution is 7.13. The van der Waals surface area contributed by atoms with Gasteiger partial charge in [0.2, 0.25) is 0 Å². The SMILES string of the molecule is CNCC(O)C(O)c1ncc(C(=O)O)s1. The van der Waals surface area contributed by atoms with Gasteiger partial charge in [-0.15, -0.1) is 11.3 Å². The van der Waals surface area contributed by atoms with Crippen LogP contribution in [0.3, 0.4) is 0 Å². The van der Waals surface area contributed by atoms with Crippen LogP contribution in [-0.2, 0) is 0 Å². The Kier molecular flexibility index (Phi) is 4.15. The van der Waals surface area contributed by atoms with Crippen molar-refractivity contribution in [3.05, 3.63) is 16.1 Å². The molecule has 1 aromatic rings. The maximum absolute atomic E-state index is 10.5. The summed E-state index contributed by atoms with van der Waals surface area (Å²) in [6, 6.07) is 0. The topological polar surface area (TPSA) is 103 Å². The fourth-order valence-electron chi connectivity index (χ4n) is 1.01. The lowest BCUT2D eigenvalue weighted by atomic mass is 10.2. The normalized spacial score (nSPS) is 14.9. The van der Waals surface area contributed by atoms with Crippen LogP contribution in [0.1, 0.15) is 20.8 Å². The maximum atomic E-state index is 10.5.